The highest BCUT2D eigenvalue weighted by molar-refractivity contribution is 14.1. The van der Waals surface area contributed by atoms with E-state index in [2.05, 4.69) is 0 Å². The van der Waals surface area contributed by atoms with Crippen molar-refractivity contribution in [2.24, 2.45) is 0 Å². The largest absolute Gasteiger partial charge is 0.480 e. The van der Waals surface area contributed by atoms with Gasteiger partial charge in [-0.1, -0.05) is 34.7 Å². The van der Waals surface area contributed by atoms with Crippen LogP contribution in [0.1, 0.15) is 13.3 Å². The van der Waals surface area contributed by atoms with Crippen molar-refractivity contribution in [2.45, 2.75) is 16.8 Å². The Morgan fingerprint density at radius 1 is 1.43 bits per heavy atom. The van der Waals surface area contributed by atoms with E-state index in [1.165, 1.54) is 6.08 Å². The van der Waals surface area contributed by atoms with Gasteiger partial charge < -0.3 is 10.2 Å². The average Bonchev–Trinajstić information content (AvgIpc) is 2.09. The second-order valence-electron chi connectivity index (χ2n) is 3.13. The molecule has 14 heavy (non-hydrogen) atoms. The van der Waals surface area contributed by atoms with Gasteiger partial charge in [0.2, 0.25) is 0 Å². The van der Waals surface area contributed by atoms with E-state index < -0.39 is 15.4 Å². The summed E-state index contributed by atoms with van der Waals surface area (Å²) >= 11 is 1.78. The molecule has 76 valence electrons. The zero-order valence-corrected chi connectivity index (χ0v) is 9.61. The van der Waals surface area contributed by atoms with Gasteiger partial charge in [-0.2, -0.15) is 0 Å². The molecule has 1 aliphatic rings. The van der Waals surface area contributed by atoms with Crippen molar-refractivity contribution in [3.05, 3.63) is 23.3 Å². The topological polar surface area (TPSA) is 74.6 Å². The Morgan fingerprint density at radius 3 is 2.43 bits per heavy atom. The van der Waals surface area contributed by atoms with Crippen LogP contribution in [0.3, 0.4) is 0 Å². The summed E-state index contributed by atoms with van der Waals surface area (Å²) in [6.07, 6.45) is 3.03. The van der Waals surface area contributed by atoms with Crippen LogP contribution in [-0.4, -0.2) is 25.6 Å². The molecular formula is C9H9IO4. The maximum atomic E-state index is 11.0. The van der Waals surface area contributed by atoms with Gasteiger partial charge >= 0.3 is 11.9 Å². The number of halogens is 1. The zero-order chi connectivity index (χ0) is 10.9. The fourth-order valence-corrected chi connectivity index (χ4v) is 1.80. The van der Waals surface area contributed by atoms with E-state index in [9.17, 15) is 9.59 Å². The number of hydrogen-bond acceptors (Lipinski definition) is 2. The van der Waals surface area contributed by atoms with Gasteiger partial charge in [0, 0.05) is 12.0 Å². The third kappa shape index (κ3) is 1.82. The molecule has 1 atom stereocenters. The van der Waals surface area contributed by atoms with Crippen LogP contribution in [0.2, 0.25) is 0 Å². The molecule has 0 bridgehead atoms. The van der Waals surface area contributed by atoms with Crippen molar-refractivity contribution < 1.29 is 19.8 Å². The summed E-state index contributed by atoms with van der Waals surface area (Å²) in [5.74, 6) is -2.06. The number of carbonyl (C=O) groups is 2. The number of hydrogen-bond donors (Lipinski definition) is 2. The molecule has 1 unspecified atom stereocenters. The molecule has 0 amide bonds. The predicted molar refractivity (Wildman–Crippen MR) is 58.5 cm³/mol. The van der Waals surface area contributed by atoms with Crippen molar-refractivity contribution >= 4 is 34.5 Å². The lowest BCUT2D eigenvalue weighted by atomic mass is 9.88. The Balaban J connectivity index is 3.09. The van der Waals surface area contributed by atoms with E-state index >= 15 is 0 Å². The molecule has 0 radical (unpaired) electrons. The average molecular weight is 308 g/mol. The molecule has 2 N–H and O–H groups in total. The molecule has 0 aliphatic heterocycles. The standard InChI is InChI=1S/C9H9IO4/c1-5-2-3-6(7(11)12)4-9(5,10)8(13)14/h2-3H,4H2,1H3,(H,11,12)(H,13,14). The van der Waals surface area contributed by atoms with E-state index in [4.69, 9.17) is 10.2 Å². The molecule has 5 heteroatoms. The summed E-state index contributed by atoms with van der Waals surface area (Å²) in [6, 6.07) is 0. The molecule has 0 aromatic rings. The molecule has 1 rings (SSSR count). The van der Waals surface area contributed by atoms with Crippen molar-refractivity contribution in [3.8, 4) is 0 Å². The van der Waals surface area contributed by atoms with Gasteiger partial charge in [0.15, 0.2) is 0 Å². The molecule has 0 fully saturated rings. The first-order chi connectivity index (χ1) is 6.38. The monoisotopic (exact) mass is 308 g/mol. The van der Waals surface area contributed by atoms with Crippen molar-refractivity contribution in [2.75, 3.05) is 0 Å². The summed E-state index contributed by atoms with van der Waals surface area (Å²) in [7, 11) is 0. The van der Waals surface area contributed by atoms with Gasteiger partial charge in [-0.15, -0.1) is 0 Å². The van der Waals surface area contributed by atoms with Crippen LogP contribution in [0, 0.1) is 0 Å². The summed E-state index contributed by atoms with van der Waals surface area (Å²) in [4.78, 5) is 21.7. The number of rotatable bonds is 2. The Morgan fingerprint density at radius 2 is 2.00 bits per heavy atom. The van der Waals surface area contributed by atoms with E-state index in [1.807, 2.05) is 0 Å². The van der Waals surface area contributed by atoms with Gasteiger partial charge in [0.05, 0.1) is 0 Å². The van der Waals surface area contributed by atoms with Gasteiger partial charge in [0.1, 0.15) is 3.42 Å². The van der Waals surface area contributed by atoms with E-state index in [1.54, 1.807) is 35.6 Å². The first kappa shape index (κ1) is 11.2. The van der Waals surface area contributed by atoms with Crippen LogP contribution in [-0.2, 0) is 9.59 Å². The number of carboxylic acid groups (broad SMARTS) is 2. The summed E-state index contributed by atoms with van der Waals surface area (Å²) in [6.45, 7) is 1.69. The van der Waals surface area contributed by atoms with Crippen molar-refractivity contribution in [1.29, 1.82) is 0 Å². The van der Waals surface area contributed by atoms with Crippen LogP contribution in [0.5, 0.6) is 0 Å². The number of alkyl halides is 1. The normalized spacial score (nSPS) is 26.4. The molecule has 0 saturated carbocycles. The number of carboxylic acids is 2. The molecule has 4 nitrogen and oxygen atoms in total. The zero-order valence-electron chi connectivity index (χ0n) is 7.45. The summed E-state index contributed by atoms with van der Waals surface area (Å²) < 4.78 is -1.11. The van der Waals surface area contributed by atoms with Crippen LogP contribution < -0.4 is 0 Å². The third-order valence-corrected chi connectivity index (χ3v) is 3.90. The Labute approximate surface area is 94.4 Å². The van der Waals surface area contributed by atoms with E-state index in [-0.39, 0.29) is 12.0 Å². The summed E-state index contributed by atoms with van der Waals surface area (Å²) in [5.41, 5.74) is 0.794. The highest BCUT2D eigenvalue weighted by atomic mass is 127. The Bertz CT molecular complexity index is 356. The molecule has 0 spiro atoms. The lowest BCUT2D eigenvalue weighted by Crippen LogP contribution is -2.35. The van der Waals surface area contributed by atoms with Gasteiger partial charge in [-0.25, -0.2) is 4.79 Å². The van der Waals surface area contributed by atoms with E-state index in [0.29, 0.717) is 5.57 Å². The smallest absolute Gasteiger partial charge is 0.331 e. The highest BCUT2D eigenvalue weighted by Crippen LogP contribution is 2.38. The Hall–Kier alpha value is -0.850. The van der Waals surface area contributed by atoms with Crippen LogP contribution in [0.4, 0.5) is 0 Å². The quantitative estimate of drug-likeness (QED) is 0.600. The molecule has 1 aliphatic carbocycles. The molecule has 0 aromatic heterocycles. The minimum atomic E-state index is -1.11. The fraction of sp³-hybridized carbons (Fsp3) is 0.333. The van der Waals surface area contributed by atoms with Crippen molar-refractivity contribution in [3.63, 3.8) is 0 Å². The lowest BCUT2D eigenvalue weighted by Gasteiger charge is -2.26. The number of allylic oxidation sites excluding steroid dienone is 2. The minimum absolute atomic E-state index is 0.0283. The minimum Gasteiger partial charge on any atom is -0.480 e. The first-order valence-corrected chi connectivity index (χ1v) is 4.99. The van der Waals surface area contributed by atoms with Crippen molar-refractivity contribution in [1.82, 2.24) is 0 Å². The predicted octanol–water partition coefficient (Wildman–Crippen LogP) is 1.61. The molecular weight excluding hydrogens is 299 g/mol. The fourth-order valence-electron chi connectivity index (χ4n) is 1.21. The lowest BCUT2D eigenvalue weighted by molar-refractivity contribution is -0.138. The molecule has 0 aromatic carbocycles. The number of aliphatic carboxylic acids is 2. The molecule has 0 saturated heterocycles. The summed E-state index contributed by atoms with van der Waals surface area (Å²) in [5, 5.41) is 17.7. The van der Waals surface area contributed by atoms with E-state index in [0.717, 1.165) is 0 Å². The first-order valence-electron chi connectivity index (χ1n) is 3.91. The van der Waals surface area contributed by atoms with Crippen LogP contribution >= 0.6 is 22.6 Å². The third-order valence-electron chi connectivity index (χ3n) is 2.21. The molecule has 0 heterocycles. The second kappa shape index (κ2) is 3.72. The van der Waals surface area contributed by atoms with Gasteiger partial charge in [0.25, 0.3) is 0 Å². The van der Waals surface area contributed by atoms with Crippen LogP contribution in [0.15, 0.2) is 23.3 Å². The van der Waals surface area contributed by atoms with Crippen LogP contribution in [0.25, 0.3) is 0 Å². The second-order valence-corrected chi connectivity index (χ2v) is 4.97. The van der Waals surface area contributed by atoms with Gasteiger partial charge in [-0.3, -0.25) is 4.79 Å². The maximum absolute atomic E-state index is 11.0. The SMILES string of the molecule is CC1=CC=C(C(=O)O)CC1(I)C(=O)O. The Kier molecular flexibility index (Phi) is 2.98. The maximum Gasteiger partial charge on any atom is 0.331 e. The van der Waals surface area contributed by atoms with Gasteiger partial charge in [-0.05, 0) is 12.5 Å². The highest BCUT2D eigenvalue weighted by Gasteiger charge is 2.40.